The van der Waals surface area contributed by atoms with E-state index in [1.54, 1.807) is 6.08 Å². The van der Waals surface area contributed by atoms with E-state index >= 15 is 0 Å². The molecule has 1 fully saturated rings. The molecule has 22 heavy (non-hydrogen) atoms. The molecule has 0 radical (unpaired) electrons. The van der Waals surface area contributed by atoms with Crippen LogP contribution in [-0.2, 0) is 0 Å². The van der Waals surface area contributed by atoms with Gasteiger partial charge in [-0.15, -0.1) is 6.58 Å². The van der Waals surface area contributed by atoms with Crippen LogP contribution in [0.15, 0.2) is 24.3 Å². The zero-order valence-electron chi connectivity index (χ0n) is 15.0. The van der Waals surface area contributed by atoms with Gasteiger partial charge in [-0.3, -0.25) is 0 Å². The summed E-state index contributed by atoms with van der Waals surface area (Å²) < 4.78 is 0. The first-order chi connectivity index (χ1) is 10.0. The van der Waals surface area contributed by atoms with Crippen molar-refractivity contribution in [3.63, 3.8) is 0 Å². The van der Waals surface area contributed by atoms with Crippen molar-refractivity contribution in [3.05, 3.63) is 24.3 Å². The van der Waals surface area contributed by atoms with Gasteiger partial charge in [-0.25, -0.2) is 0 Å². The molecule has 0 aromatic heterocycles. The minimum atomic E-state index is -0.799. The predicted molar refractivity (Wildman–Crippen MR) is 92.5 cm³/mol. The summed E-state index contributed by atoms with van der Waals surface area (Å²) in [5.74, 6) is 1.04. The highest BCUT2D eigenvalue weighted by atomic mass is 16.3. The second-order valence-electron chi connectivity index (χ2n) is 8.95. The number of aliphatic hydroxyl groups is 2. The second kappa shape index (κ2) is 5.79. The van der Waals surface area contributed by atoms with E-state index in [9.17, 15) is 10.2 Å². The summed E-state index contributed by atoms with van der Waals surface area (Å²) in [6, 6.07) is 0. The maximum Gasteiger partial charge on any atom is 0.0797 e. The van der Waals surface area contributed by atoms with Gasteiger partial charge in [0.2, 0.25) is 0 Å². The lowest BCUT2D eigenvalue weighted by Crippen LogP contribution is -2.52. The molecule has 126 valence electrons. The largest absolute Gasteiger partial charge is 0.393 e. The molecule has 0 spiro atoms. The number of aliphatic hydroxyl groups excluding tert-OH is 1. The van der Waals surface area contributed by atoms with E-state index in [1.165, 1.54) is 5.57 Å². The van der Waals surface area contributed by atoms with Crippen LogP contribution in [0.3, 0.4) is 0 Å². The Hall–Kier alpha value is -0.600. The monoisotopic (exact) mass is 306 g/mol. The predicted octanol–water partition coefficient (Wildman–Crippen LogP) is 4.47. The summed E-state index contributed by atoms with van der Waals surface area (Å²) in [7, 11) is 0. The van der Waals surface area contributed by atoms with Gasteiger partial charge in [0.25, 0.3) is 0 Å². The van der Waals surface area contributed by atoms with Gasteiger partial charge < -0.3 is 10.2 Å². The Morgan fingerprint density at radius 2 is 2.00 bits per heavy atom. The molecule has 2 nitrogen and oxygen atoms in total. The average Bonchev–Trinajstić information content (AvgIpc) is 2.35. The molecule has 2 rings (SSSR count). The third kappa shape index (κ3) is 3.19. The third-order valence-electron chi connectivity index (χ3n) is 6.58. The normalized spacial score (nSPS) is 40.3. The zero-order chi connectivity index (χ0) is 16.8. The van der Waals surface area contributed by atoms with Crippen LogP contribution in [0.1, 0.15) is 66.7 Å². The van der Waals surface area contributed by atoms with Crippen LogP contribution in [0, 0.1) is 22.7 Å². The highest BCUT2D eigenvalue weighted by Crippen LogP contribution is 2.60. The molecule has 2 aliphatic rings. The van der Waals surface area contributed by atoms with E-state index in [2.05, 4.69) is 40.3 Å². The minimum absolute atomic E-state index is 0.122. The van der Waals surface area contributed by atoms with E-state index in [0.717, 1.165) is 32.1 Å². The van der Waals surface area contributed by atoms with Crippen molar-refractivity contribution in [1.29, 1.82) is 0 Å². The van der Waals surface area contributed by atoms with Crippen molar-refractivity contribution in [3.8, 4) is 0 Å². The van der Waals surface area contributed by atoms with E-state index in [-0.39, 0.29) is 16.9 Å². The number of rotatable bonds is 4. The van der Waals surface area contributed by atoms with Crippen molar-refractivity contribution in [2.45, 2.75) is 78.4 Å². The fraction of sp³-hybridized carbons (Fsp3) is 0.800. The lowest BCUT2D eigenvalue weighted by Gasteiger charge is -2.58. The lowest BCUT2D eigenvalue weighted by atomic mass is 9.47. The Balaban J connectivity index is 2.29. The van der Waals surface area contributed by atoms with E-state index < -0.39 is 5.60 Å². The Morgan fingerprint density at radius 1 is 1.36 bits per heavy atom. The highest BCUT2D eigenvalue weighted by molar-refractivity contribution is 5.19. The van der Waals surface area contributed by atoms with Crippen LogP contribution in [0.5, 0.6) is 0 Å². The van der Waals surface area contributed by atoms with Crippen LogP contribution < -0.4 is 0 Å². The summed E-state index contributed by atoms with van der Waals surface area (Å²) in [6.45, 7) is 14.8. The Labute approximate surface area is 136 Å². The van der Waals surface area contributed by atoms with Crippen molar-refractivity contribution < 1.29 is 10.2 Å². The summed E-state index contributed by atoms with van der Waals surface area (Å²) in [5, 5.41) is 20.7. The molecule has 2 N–H and O–H groups in total. The van der Waals surface area contributed by atoms with Crippen molar-refractivity contribution in [2.24, 2.45) is 22.7 Å². The maximum atomic E-state index is 10.4. The minimum Gasteiger partial charge on any atom is -0.393 e. The van der Waals surface area contributed by atoms with Gasteiger partial charge in [-0.05, 0) is 68.6 Å². The molecule has 2 heteroatoms. The van der Waals surface area contributed by atoms with E-state index in [4.69, 9.17) is 0 Å². The maximum absolute atomic E-state index is 10.4. The molecule has 0 bridgehead atoms. The summed E-state index contributed by atoms with van der Waals surface area (Å²) >= 11 is 0. The smallest absolute Gasteiger partial charge is 0.0797 e. The standard InChI is InChI=1S/C20H34O2/c1-7-19(5,22)11-10-16-14(2)8-9-17-18(3,4)12-15(21)13-20(16,17)6/h7-8,15-17,21-22H,1,9-13H2,2-6H3/t15-,16-,17-,19-,20-/m0/s1. The topological polar surface area (TPSA) is 40.5 Å². The van der Waals surface area contributed by atoms with E-state index in [1.807, 2.05) is 6.92 Å². The SMILES string of the molecule is C=C[C@](C)(O)CC[C@H]1C(C)=CC[C@H]2C(C)(C)C[C@H](O)C[C@@]12C. The summed E-state index contributed by atoms with van der Waals surface area (Å²) in [4.78, 5) is 0. The first kappa shape index (κ1) is 17.7. The quantitative estimate of drug-likeness (QED) is 0.752. The third-order valence-corrected chi connectivity index (χ3v) is 6.58. The molecule has 0 saturated heterocycles. The van der Waals surface area contributed by atoms with Gasteiger partial charge in [0.05, 0.1) is 11.7 Å². The summed E-state index contributed by atoms with van der Waals surface area (Å²) in [5.41, 5.74) is 0.926. The number of hydrogen-bond acceptors (Lipinski definition) is 2. The first-order valence-electron chi connectivity index (χ1n) is 8.72. The Bertz CT molecular complexity index is 460. The summed E-state index contributed by atoms with van der Waals surface area (Å²) in [6.07, 6.45) is 8.43. The molecule has 0 aromatic carbocycles. The van der Waals surface area contributed by atoms with Crippen LogP contribution >= 0.6 is 0 Å². The van der Waals surface area contributed by atoms with Gasteiger partial charge >= 0.3 is 0 Å². The molecular formula is C20H34O2. The molecule has 1 saturated carbocycles. The number of hydrogen-bond donors (Lipinski definition) is 2. The van der Waals surface area contributed by atoms with Gasteiger partial charge in [-0.2, -0.15) is 0 Å². The van der Waals surface area contributed by atoms with Gasteiger partial charge in [0, 0.05) is 0 Å². The average molecular weight is 306 g/mol. The highest BCUT2D eigenvalue weighted by Gasteiger charge is 2.54. The van der Waals surface area contributed by atoms with E-state index in [0.29, 0.717) is 11.8 Å². The van der Waals surface area contributed by atoms with Crippen molar-refractivity contribution in [2.75, 3.05) is 0 Å². The fourth-order valence-electron chi connectivity index (χ4n) is 5.40. The molecule has 0 unspecified atom stereocenters. The first-order valence-corrected chi connectivity index (χ1v) is 8.72. The second-order valence-corrected chi connectivity index (χ2v) is 8.95. The number of fused-ring (bicyclic) bond motifs is 1. The van der Waals surface area contributed by atoms with Crippen LogP contribution in [0.4, 0.5) is 0 Å². The van der Waals surface area contributed by atoms with Gasteiger partial charge in [0.1, 0.15) is 0 Å². The van der Waals surface area contributed by atoms with Crippen LogP contribution in [-0.4, -0.2) is 21.9 Å². The lowest BCUT2D eigenvalue weighted by molar-refractivity contribution is -0.0975. The van der Waals surface area contributed by atoms with Crippen LogP contribution in [0.2, 0.25) is 0 Å². The Morgan fingerprint density at radius 3 is 2.59 bits per heavy atom. The van der Waals surface area contributed by atoms with Crippen molar-refractivity contribution in [1.82, 2.24) is 0 Å². The molecule has 2 aliphatic carbocycles. The van der Waals surface area contributed by atoms with Gasteiger partial charge in [0.15, 0.2) is 0 Å². The van der Waals surface area contributed by atoms with Crippen LogP contribution in [0.25, 0.3) is 0 Å². The molecule has 0 aliphatic heterocycles. The molecular weight excluding hydrogens is 272 g/mol. The van der Waals surface area contributed by atoms with Crippen molar-refractivity contribution >= 4 is 0 Å². The fourth-order valence-corrected chi connectivity index (χ4v) is 5.40. The molecule has 0 aromatic rings. The Kier molecular flexibility index (Phi) is 4.68. The molecule has 0 heterocycles. The molecule has 5 atom stereocenters. The zero-order valence-corrected chi connectivity index (χ0v) is 15.0. The number of allylic oxidation sites excluding steroid dienone is 2. The molecule has 0 amide bonds. The van der Waals surface area contributed by atoms with Gasteiger partial charge in [-0.1, -0.05) is 38.5 Å².